The Bertz CT molecular complexity index is 1060. The van der Waals surface area contributed by atoms with Crippen LogP contribution in [-0.4, -0.2) is 50.1 Å². The Kier molecular flexibility index (Phi) is 6.00. The van der Waals surface area contributed by atoms with Crippen molar-refractivity contribution in [2.45, 2.75) is 25.7 Å². The minimum absolute atomic E-state index is 0.0465. The fourth-order valence-corrected chi connectivity index (χ4v) is 4.11. The number of benzene rings is 2. The average Bonchev–Trinajstić information content (AvgIpc) is 2.78. The van der Waals surface area contributed by atoms with Gasteiger partial charge in [0.15, 0.2) is 0 Å². The van der Waals surface area contributed by atoms with E-state index < -0.39 is 0 Å². The molecule has 1 N–H and O–H groups in total. The normalized spacial score (nSPS) is 13.3. The quantitative estimate of drug-likeness (QED) is 0.674. The van der Waals surface area contributed by atoms with Gasteiger partial charge in [-0.2, -0.15) is 0 Å². The first-order valence-corrected chi connectivity index (χ1v) is 10.6. The predicted octanol–water partition coefficient (Wildman–Crippen LogP) is 4.08. The molecule has 1 aromatic heterocycles. The molecule has 1 aliphatic carbocycles. The van der Waals surface area contributed by atoms with Gasteiger partial charge >= 0.3 is 0 Å². The Balaban J connectivity index is 1.82. The first-order chi connectivity index (χ1) is 14.6. The van der Waals surface area contributed by atoms with E-state index in [9.17, 15) is 4.79 Å². The molecule has 2 aromatic carbocycles. The van der Waals surface area contributed by atoms with Crippen LogP contribution in [-0.2, 0) is 12.8 Å². The Morgan fingerprint density at radius 3 is 2.60 bits per heavy atom. The van der Waals surface area contributed by atoms with Crippen LogP contribution in [0.1, 0.15) is 34.3 Å². The van der Waals surface area contributed by atoms with Gasteiger partial charge in [-0.1, -0.05) is 12.1 Å². The number of rotatable bonds is 6. The molecule has 5 nitrogen and oxygen atoms in total. The monoisotopic (exact) mass is 403 g/mol. The van der Waals surface area contributed by atoms with E-state index in [0.29, 0.717) is 12.1 Å². The average molecular weight is 404 g/mol. The van der Waals surface area contributed by atoms with Crippen LogP contribution in [0, 0.1) is 0 Å². The summed E-state index contributed by atoms with van der Waals surface area (Å²) >= 11 is 0. The van der Waals surface area contributed by atoms with Crippen molar-refractivity contribution in [2.75, 3.05) is 34.3 Å². The summed E-state index contributed by atoms with van der Waals surface area (Å²) in [6, 6.07) is 14.0. The van der Waals surface area contributed by atoms with Gasteiger partial charge in [-0.15, -0.1) is 0 Å². The summed E-state index contributed by atoms with van der Waals surface area (Å²) in [5, 5.41) is 4.01. The van der Waals surface area contributed by atoms with Gasteiger partial charge in [-0.05, 0) is 81.2 Å². The van der Waals surface area contributed by atoms with Crippen molar-refractivity contribution in [1.29, 1.82) is 0 Å². The molecular formula is C25H29N3O2. The van der Waals surface area contributed by atoms with E-state index in [1.54, 1.807) is 7.11 Å². The zero-order valence-corrected chi connectivity index (χ0v) is 18.0. The van der Waals surface area contributed by atoms with Crippen LogP contribution in [0.15, 0.2) is 42.5 Å². The van der Waals surface area contributed by atoms with Crippen LogP contribution in [0.3, 0.4) is 0 Å². The Morgan fingerprint density at radius 2 is 1.87 bits per heavy atom. The van der Waals surface area contributed by atoms with E-state index in [1.165, 1.54) is 24.0 Å². The SMILES string of the molecule is COc1ccc(-c2cc(C(=O)NCCN(C)C)c3ccc4c(c3n2)CCCC4)cc1. The van der Waals surface area contributed by atoms with E-state index in [2.05, 4.69) is 22.3 Å². The molecule has 156 valence electrons. The predicted molar refractivity (Wildman–Crippen MR) is 121 cm³/mol. The second kappa shape index (κ2) is 8.84. The standard InChI is InChI=1S/C25H29N3O2/c1-28(2)15-14-26-25(29)22-16-23(18-8-11-19(30-3)12-9-18)27-24-20-7-5-4-6-17(20)10-13-21(22)24/h8-13,16H,4-7,14-15H2,1-3H3,(H,26,29). The third-order valence-corrected chi connectivity index (χ3v) is 5.78. The van der Waals surface area contributed by atoms with Crippen LogP contribution < -0.4 is 10.1 Å². The molecule has 0 aliphatic heterocycles. The number of ether oxygens (including phenoxy) is 1. The Morgan fingerprint density at radius 1 is 1.10 bits per heavy atom. The van der Waals surface area contributed by atoms with Crippen molar-refractivity contribution in [3.05, 3.63) is 59.2 Å². The minimum atomic E-state index is -0.0465. The Labute approximate surface area is 178 Å². The van der Waals surface area contributed by atoms with Gasteiger partial charge in [0.2, 0.25) is 0 Å². The highest BCUT2D eigenvalue weighted by molar-refractivity contribution is 6.08. The van der Waals surface area contributed by atoms with Crippen molar-refractivity contribution in [3.8, 4) is 17.0 Å². The first kappa shape index (κ1) is 20.4. The number of aryl methyl sites for hydroxylation is 2. The lowest BCUT2D eigenvalue weighted by atomic mass is 9.88. The molecule has 0 radical (unpaired) electrons. The molecule has 0 unspecified atom stereocenters. The number of nitrogens with zero attached hydrogens (tertiary/aromatic N) is 2. The molecule has 3 aromatic rings. The van der Waals surface area contributed by atoms with E-state index in [0.717, 1.165) is 47.3 Å². The van der Waals surface area contributed by atoms with Crippen molar-refractivity contribution in [3.63, 3.8) is 0 Å². The number of aromatic nitrogens is 1. The van der Waals surface area contributed by atoms with Crippen molar-refractivity contribution < 1.29 is 9.53 Å². The smallest absolute Gasteiger partial charge is 0.252 e. The third kappa shape index (κ3) is 4.17. The van der Waals surface area contributed by atoms with Gasteiger partial charge in [-0.25, -0.2) is 4.98 Å². The number of hydrogen-bond acceptors (Lipinski definition) is 4. The maximum Gasteiger partial charge on any atom is 0.252 e. The zero-order valence-electron chi connectivity index (χ0n) is 18.0. The largest absolute Gasteiger partial charge is 0.497 e. The molecule has 0 atom stereocenters. The van der Waals surface area contributed by atoms with Crippen molar-refractivity contribution >= 4 is 16.8 Å². The van der Waals surface area contributed by atoms with E-state index >= 15 is 0 Å². The molecule has 1 aliphatic rings. The molecule has 4 rings (SSSR count). The maximum atomic E-state index is 13.1. The topological polar surface area (TPSA) is 54.5 Å². The lowest BCUT2D eigenvalue weighted by Crippen LogP contribution is -2.31. The maximum absolute atomic E-state index is 13.1. The van der Waals surface area contributed by atoms with Crippen LogP contribution in [0.25, 0.3) is 22.2 Å². The second-order valence-corrected chi connectivity index (χ2v) is 8.15. The van der Waals surface area contributed by atoms with E-state index in [4.69, 9.17) is 9.72 Å². The lowest BCUT2D eigenvalue weighted by Gasteiger charge is -2.19. The van der Waals surface area contributed by atoms with Crippen molar-refractivity contribution in [2.24, 2.45) is 0 Å². The van der Waals surface area contributed by atoms with E-state index in [1.807, 2.05) is 44.4 Å². The summed E-state index contributed by atoms with van der Waals surface area (Å²) in [5.41, 5.74) is 6.13. The third-order valence-electron chi connectivity index (χ3n) is 5.78. The first-order valence-electron chi connectivity index (χ1n) is 10.6. The van der Waals surface area contributed by atoms with Crippen LogP contribution >= 0.6 is 0 Å². The highest BCUT2D eigenvalue weighted by atomic mass is 16.5. The molecule has 0 spiro atoms. The summed E-state index contributed by atoms with van der Waals surface area (Å²) in [7, 11) is 5.66. The molecule has 0 saturated heterocycles. The molecule has 0 bridgehead atoms. The summed E-state index contributed by atoms with van der Waals surface area (Å²) in [4.78, 5) is 20.2. The van der Waals surface area contributed by atoms with Crippen molar-refractivity contribution in [1.82, 2.24) is 15.2 Å². The molecule has 0 saturated carbocycles. The fourth-order valence-electron chi connectivity index (χ4n) is 4.11. The molecule has 1 heterocycles. The van der Waals surface area contributed by atoms with Crippen LogP contribution in [0.4, 0.5) is 0 Å². The summed E-state index contributed by atoms with van der Waals surface area (Å²) in [6.07, 6.45) is 4.50. The second-order valence-electron chi connectivity index (χ2n) is 8.15. The molecular weight excluding hydrogens is 374 g/mol. The van der Waals surface area contributed by atoms with Gasteiger partial charge in [-0.3, -0.25) is 4.79 Å². The number of amides is 1. The van der Waals surface area contributed by atoms with Gasteiger partial charge < -0.3 is 15.0 Å². The number of carbonyl (C=O) groups is 1. The summed E-state index contributed by atoms with van der Waals surface area (Å²) < 4.78 is 5.29. The summed E-state index contributed by atoms with van der Waals surface area (Å²) in [6.45, 7) is 1.41. The number of likely N-dealkylation sites (N-methyl/N-ethyl adjacent to an activating group) is 1. The van der Waals surface area contributed by atoms with E-state index in [-0.39, 0.29) is 5.91 Å². The number of pyridine rings is 1. The molecule has 1 amide bonds. The van der Waals surface area contributed by atoms with Crippen LogP contribution in [0.2, 0.25) is 0 Å². The highest BCUT2D eigenvalue weighted by Crippen LogP contribution is 2.32. The minimum Gasteiger partial charge on any atom is -0.497 e. The highest BCUT2D eigenvalue weighted by Gasteiger charge is 2.19. The van der Waals surface area contributed by atoms with Gasteiger partial charge in [0, 0.05) is 24.0 Å². The zero-order chi connectivity index (χ0) is 21.1. The molecule has 30 heavy (non-hydrogen) atoms. The molecule has 0 fully saturated rings. The number of hydrogen-bond donors (Lipinski definition) is 1. The fraction of sp³-hybridized carbons (Fsp3) is 0.360. The summed E-state index contributed by atoms with van der Waals surface area (Å²) in [5.74, 6) is 0.758. The Hall–Kier alpha value is -2.92. The molecule has 5 heteroatoms. The van der Waals surface area contributed by atoms with Gasteiger partial charge in [0.05, 0.1) is 23.9 Å². The van der Waals surface area contributed by atoms with Gasteiger partial charge in [0.1, 0.15) is 5.75 Å². The number of fused-ring (bicyclic) bond motifs is 3. The number of nitrogens with one attached hydrogen (secondary N) is 1. The number of carbonyl (C=O) groups excluding carboxylic acids is 1. The van der Waals surface area contributed by atoms with Crippen LogP contribution in [0.5, 0.6) is 5.75 Å². The lowest BCUT2D eigenvalue weighted by molar-refractivity contribution is 0.0952. The number of methoxy groups -OCH3 is 1. The van der Waals surface area contributed by atoms with Gasteiger partial charge in [0.25, 0.3) is 5.91 Å².